The Morgan fingerprint density at radius 3 is 2.61 bits per heavy atom. The summed E-state index contributed by atoms with van der Waals surface area (Å²) < 4.78 is 0. The van der Waals surface area contributed by atoms with Crippen LogP contribution in [0.1, 0.15) is 37.3 Å². The molecule has 96 valence electrons. The Balaban J connectivity index is 2.10. The van der Waals surface area contributed by atoms with Gasteiger partial charge in [0, 0.05) is 16.1 Å². The standard InChI is InChI=1S/C12H14Cl2N4/c1-7(10-4-3-9(13)5-11(10)14)17-8(2)12-15-6-16-18-12/h3-8,17H,1-2H3,(H,15,16,18). The molecule has 2 unspecified atom stereocenters. The van der Waals surface area contributed by atoms with E-state index in [2.05, 4.69) is 20.5 Å². The smallest absolute Gasteiger partial charge is 0.141 e. The third-order valence-corrected chi connectivity index (χ3v) is 3.34. The molecule has 0 bridgehead atoms. The maximum Gasteiger partial charge on any atom is 0.141 e. The molecule has 1 aromatic heterocycles. The highest BCUT2D eigenvalue weighted by atomic mass is 35.5. The Hall–Kier alpha value is -1.10. The van der Waals surface area contributed by atoms with Gasteiger partial charge < -0.3 is 5.32 Å². The van der Waals surface area contributed by atoms with E-state index in [9.17, 15) is 0 Å². The van der Waals surface area contributed by atoms with Crippen LogP contribution in [0.2, 0.25) is 10.0 Å². The molecule has 4 nitrogen and oxygen atoms in total. The molecule has 0 aliphatic heterocycles. The second kappa shape index (κ2) is 5.69. The number of nitrogens with zero attached hydrogens (tertiary/aromatic N) is 2. The van der Waals surface area contributed by atoms with Crippen molar-refractivity contribution in [2.75, 3.05) is 0 Å². The van der Waals surface area contributed by atoms with Crippen LogP contribution in [0, 0.1) is 0 Å². The average Bonchev–Trinajstić information content (AvgIpc) is 2.81. The lowest BCUT2D eigenvalue weighted by atomic mass is 10.1. The summed E-state index contributed by atoms with van der Waals surface area (Å²) in [6.07, 6.45) is 1.49. The van der Waals surface area contributed by atoms with Gasteiger partial charge in [0.25, 0.3) is 0 Å². The van der Waals surface area contributed by atoms with Crippen molar-refractivity contribution in [2.24, 2.45) is 0 Å². The third-order valence-electron chi connectivity index (χ3n) is 2.77. The number of hydrogen-bond donors (Lipinski definition) is 2. The lowest BCUT2D eigenvalue weighted by molar-refractivity contribution is 0.478. The number of hydrogen-bond acceptors (Lipinski definition) is 3. The van der Waals surface area contributed by atoms with Crippen LogP contribution in [0.5, 0.6) is 0 Å². The number of nitrogens with one attached hydrogen (secondary N) is 2. The van der Waals surface area contributed by atoms with Gasteiger partial charge in [-0.15, -0.1) is 0 Å². The van der Waals surface area contributed by atoms with Crippen molar-refractivity contribution in [1.82, 2.24) is 20.5 Å². The number of aromatic amines is 1. The molecule has 0 saturated carbocycles. The molecule has 1 aromatic carbocycles. The summed E-state index contributed by atoms with van der Waals surface area (Å²) in [5.74, 6) is 0.798. The first kappa shape index (κ1) is 13.3. The van der Waals surface area contributed by atoms with Crippen molar-refractivity contribution in [3.8, 4) is 0 Å². The number of H-pyrrole nitrogens is 1. The summed E-state index contributed by atoms with van der Waals surface area (Å²) in [5.41, 5.74) is 1.01. The van der Waals surface area contributed by atoms with Crippen LogP contribution in [0.4, 0.5) is 0 Å². The molecule has 0 saturated heterocycles. The van der Waals surface area contributed by atoms with Gasteiger partial charge in [-0.2, -0.15) is 5.10 Å². The maximum atomic E-state index is 6.17. The van der Waals surface area contributed by atoms with Crippen LogP contribution in [0.3, 0.4) is 0 Å². The molecule has 0 aliphatic rings. The van der Waals surface area contributed by atoms with Crippen molar-refractivity contribution in [1.29, 1.82) is 0 Å². The van der Waals surface area contributed by atoms with Crippen molar-refractivity contribution in [3.63, 3.8) is 0 Å². The summed E-state index contributed by atoms with van der Waals surface area (Å²) >= 11 is 12.1. The average molecular weight is 285 g/mol. The van der Waals surface area contributed by atoms with Gasteiger partial charge in [-0.1, -0.05) is 29.3 Å². The fourth-order valence-electron chi connectivity index (χ4n) is 1.82. The quantitative estimate of drug-likeness (QED) is 0.903. The Morgan fingerprint density at radius 2 is 2.00 bits per heavy atom. The van der Waals surface area contributed by atoms with E-state index in [0.29, 0.717) is 10.0 Å². The molecule has 2 N–H and O–H groups in total. The minimum Gasteiger partial charge on any atom is -0.301 e. The summed E-state index contributed by atoms with van der Waals surface area (Å²) in [5, 5.41) is 11.4. The van der Waals surface area contributed by atoms with E-state index in [1.54, 1.807) is 6.07 Å². The molecule has 0 fully saturated rings. The summed E-state index contributed by atoms with van der Waals surface area (Å²) in [7, 11) is 0. The summed E-state index contributed by atoms with van der Waals surface area (Å²) in [4.78, 5) is 4.12. The largest absolute Gasteiger partial charge is 0.301 e. The van der Waals surface area contributed by atoms with Crippen LogP contribution < -0.4 is 5.32 Å². The first-order valence-electron chi connectivity index (χ1n) is 5.64. The van der Waals surface area contributed by atoms with E-state index in [4.69, 9.17) is 23.2 Å². The van der Waals surface area contributed by atoms with Crippen molar-refractivity contribution in [3.05, 3.63) is 46.0 Å². The zero-order valence-corrected chi connectivity index (χ0v) is 11.6. The van der Waals surface area contributed by atoms with Crippen LogP contribution in [-0.4, -0.2) is 15.2 Å². The number of aromatic nitrogens is 3. The van der Waals surface area contributed by atoms with Crippen molar-refractivity contribution < 1.29 is 0 Å². The predicted octanol–water partition coefficient (Wildman–Crippen LogP) is 3.52. The lowest BCUT2D eigenvalue weighted by Crippen LogP contribution is -2.23. The van der Waals surface area contributed by atoms with Crippen molar-refractivity contribution in [2.45, 2.75) is 25.9 Å². The molecule has 1 heterocycles. The predicted molar refractivity (Wildman–Crippen MR) is 72.8 cm³/mol. The van der Waals surface area contributed by atoms with Gasteiger partial charge in [-0.25, -0.2) is 4.98 Å². The van der Waals surface area contributed by atoms with Crippen LogP contribution in [0.15, 0.2) is 24.5 Å². The zero-order valence-electron chi connectivity index (χ0n) is 10.1. The molecule has 2 rings (SSSR count). The van der Waals surface area contributed by atoms with Gasteiger partial charge in [0.05, 0.1) is 6.04 Å². The van der Waals surface area contributed by atoms with Gasteiger partial charge in [-0.05, 0) is 31.5 Å². The number of benzene rings is 1. The first-order chi connectivity index (χ1) is 8.58. The fourth-order valence-corrected chi connectivity index (χ4v) is 2.39. The molecular formula is C12H14Cl2N4. The Morgan fingerprint density at radius 1 is 1.22 bits per heavy atom. The highest BCUT2D eigenvalue weighted by Gasteiger charge is 2.15. The van der Waals surface area contributed by atoms with Gasteiger partial charge >= 0.3 is 0 Å². The molecule has 6 heteroatoms. The fraction of sp³-hybridized carbons (Fsp3) is 0.333. The molecule has 18 heavy (non-hydrogen) atoms. The first-order valence-corrected chi connectivity index (χ1v) is 6.39. The Bertz CT molecular complexity index is 513. The van der Waals surface area contributed by atoms with Gasteiger partial charge in [-0.3, -0.25) is 5.10 Å². The van der Waals surface area contributed by atoms with E-state index in [1.165, 1.54) is 6.33 Å². The molecule has 0 spiro atoms. The molecule has 0 amide bonds. The van der Waals surface area contributed by atoms with Crippen LogP contribution in [-0.2, 0) is 0 Å². The van der Waals surface area contributed by atoms with E-state index >= 15 is 0 Å². The van der Waals surface area contributed by atoms with Gasteiger partial charge in [0.15, 0.2) is 0 Å². The van der Waals surface area contributed by atoms with E-state index in [-0.39, 0.29) is 12.1 Å². The van der Waals surface area contributed by atoms with Crippen LogP contribution in [0.25, 0.3) is 0 Å². The zero-order chi connectivity index (χ0) is 13.1. The molecule has 2 aromatic rings. The lowest BCUT2D eigenvalue weighted by Gasteiger charge is -2.19. The van der Waals surface area contributed by atoms with Gasteiger partial charge in [0.2, 0.25) is 0 Å². The molecule has 0 radical (unpaired) electrons. The maximum absolute atomic E-state index is 6.17. The molecule has 2 atom stereocenters. The SMILES string of the molecule is CC(NC(C)c1ccc(Cl)cc1Cl)c1ncn[nH]1. The summed E-state index contributed by atoms with van der Waals surface area (Å²) in [6, 6.07) is 5.66. The third kappa shape index (κ3) is 3.02. The van der Waals surface area contributed by atoms with Crippen LogP contribution >= 0.6 is 23.2 Å². The normalized spacial score (nSPS) is 14.4. The number of rotatable bonds is 4. The van der Waals surface area contributed by atoms with E-state index < -0.39 is 0 Å². The molecular weight excluding hydrogens is 271 g/mol. The topological polar surface area (TPSA) is 53.6 Å². The Kier molecular flexibility index (Phi) is 4.22. The second-order valence-electron chi connectivity index (χ2n) is 4.15. The minimum atomic E-state index is 0.0641. The highest BCUT2D eigenvalue weighted by Crippen LogP contribution is 2.27. The number of halogens is 2. The second-order valence-corrected chi connectivity index (χ2v) is 4.99. The monoisotopic (exact) mass is 284 g/mol. The highest BCUT2D eigenvalue weighted by molar-refractivity contribution is 6.35. The summed E-state index contributed by atoms with van der Waals surface area (Å²) in [6.45, 7) is 4.06. The van der Waals surface area contributed by atoms with Crippen molar-refractivity contribution >= 4 is 23.2 Å². The van der Waals surface area contributed by atoms with E-state index in [0.717, 1.165) is 11.4 Å². The molecule has 0 aliphatic carbocycles. The minimum absolute atomic E-state index is 0.0641. The Labute approximate surface area is 116 Å². The van der Waals surface area contributed by atoms with E-state index in [1.807, 2.05) is 26.0 Å². The van der Waals surface area contributed by atoms with Gasteiger partial charge in [0.1, 0.15) is 12.2 Å².